The molecule has 4 heterocycles. The zero-order chi connectivity index (χ0) is 30.7. The van der Waals surface area contributed by atoms with E-state index in [1.165, 1.54) is 17.0 Å². The molecule has 0 radical (unpaired) electrons. The number of hydrogen-bond donors (Lipinski definition) is 2. The second kappa shape index (κ2) is 13.0. The van der Waals surface area contributed by atoms with E-state index in [4.69, 9.17) is 26.7 Å². The number of rotatable bonds is 9. The van der Waals surface area contributed by atoms with Crippen LogP contribution in [-0.4, -0.2) is 65.4 Å². The van der Waals surface area contributed by atoms with Crippen LogP contribution in [0.5, 0.6) is 5.75 Å². The molecule has 1 aromatic carbocycles. The highest BCUT2D eigenvalue weighted by atomic mass is 32.1. The van der Waals surface area contributed by atoms with E-state index in [9.17, 15) is 4.79 Å². The zero-order valence-corrected chi connectivity index (χ0v) is 27.0. The quantitative estimate of drug-likeness (QED) is 0.315. The van der Waals surface area contributed by atoms with Crippen molar-refractivity contribution in [1.82, 2.24) is 19.8 Å². The van der Waals surface area contributed by atoms with Gasteiger partial charge >= 0.3 is 0 Å². The van der Waals surface area contributed by atoms with Crippen molar-refractivity contribution in [2.75, 3.05) is 50.2 Å². The van der Waals surface area contributed by atoms with Crippen LogP contribution in [0.15, 0.2) is 48.7 Å². The van der Waals surface area contributed by atoms with E-state index in [0.29, 0.717) is 16.5 Å². The highest BCUT2D eigenvalue weighted by Crippen LogP contribution is 2.45. The molecule has 3 aromatic rings. The number of anilines is 2. The summed E-state index contributed by atoms with van der Waals surface area (Å²) in [7, 11) is 1.62. The van der Waals surface area contributed by atoms with Gasteiger partial charge in [-0.25, -0.2) is 0 Å². The molecule has 0 unspecified atom stereocenters. The number of methoxy groups -OCH3 is 1. The van der Waals surface area contributed by atoms with E-state index < -0.39 is 5.41 Å². The molecule has 2 aliphatic rings. The number of benzene rings is 1. The number of nitrogens with one attached hydrogen (secondary N) is 2. The molecule has 1 amide bonds. The third kappa shape index (κ3) is 6.71. The molecule has 9 nitrogen and oxygen atoms in total. The van der Waals surface area contributed by atoms with E-state index in [1.54, 1.807) is 7.11 Å². The van der Waals surface area contributed by atoms with Crippen LogP contribution in [0.2, 0.25) is 0 Å². The second-order valence-corrected chi connectivity index (χ2v) is 12.8. The summed E-state index contributed by atoms with van der Waals surface area (Å²) >= 11 is 5.99. The molecule has 2 aromatic heterocycles. The normalized spacial score (nSPS) is 19.4. The highest BCUT2D eigenvalue weighted by Gasteiger charge is 2.42. The van der Waals surface area contributed by atoms with Crippen molar-refractivity contribution in [2.24, 2.45) is 5.41 Å². The molecular formula is C33H44N6O3S. The predicted octanol–water partition coefficient (Wildman–Crippen LogP) is 5.39. The van der Waals surface area contributed by atoms with E-state index in [2.05, 4.69) is 44.9 Å². The summed E-state index contributed by atoms with van der Waals surface area (Å²) in [6.07, 6.45) is 2.90. The Kier molecular flexibility index (Phi) is 9.39. The molecule has 5 rings (SSSR count). The third-order valence-corrected chi connectivity index (χ3v) is 8.70. The van der Waals surface area contributed by atoms with Crippen molar-refractivity contribution in [3.05, 3.63) is 71.3 Å². The van der Waals surface area contributed by atoms with E-state index >= 15 is 0 Å². The molecule has 2 N–H and O–H groups in total. The SMILES string of the molecule is COc1cc(N2C(=S)N[C@@H](c3ccccn3)[C@@H]2c2cc(C)n(CCCN3CCOCC3)c2C)ccc1NC(=O)C(C)(C)C. The van der Waals surface area contributed by atoms with Gasteiger partial charge < -0.3 is 29.6 Å². The lowest BCUT2D eigenvalue weighted by atomic mass is 9.95. The van der Waals surface area contributed by atoms with Crippen LogP contribution in [0.4, 0.5) is 11.4 Å². The fourth-order valence-corrected chi connectivity index (χ4v) is 6.29. The minimum absolute atomic E-state index is 0.0777. The van der Waals surface area contributed by atoms with Gasteiger partial charge in [-0.2, -0.15) is 0 Å². The average molecular weight is 605 g/mol. The fourth-order valence-electron chi connectivity index (χ4n) is 5.94. The number of ether oxygens (including phenoxy) is 2. The molecule has 230 valence electrons. The molecule has 10 heteroatoms. The molecule has 2 atom stereocenters. The molecule has 0 saturated carbocycles. The standard InChI is InChI=1S/C33H44N6O3S/c1-22-20-25(23(2)38(22)15-9-14-37-16-18-42-19-17-37)30-29(27-10-7-8-13-34-27)36-32(43)39(30)24-11-12-26(28(21-24)41-6)35-31(40)33(3,4)5/h7-8,10-13,20-21,29-30H,9,14-19H2,1-6H3,(H,35,40)(H,36,43)/t29-,30-/m0/s1. The van der Waals surface area contributed by atoms with Gasteiger partial charge in [0.05, 0.1) is 43.8 Å². The molecular weight excluding hydrogens is 560 g/mol. The molecule has 0 spiro atoms. The van der Waals surface area contributed by atoms with Crippen LogP contribution in [-0.2, 0) is 16.1 Å². The summed E-state index contributed by atoms with van der Waals surface area (Å²) in [6.45, 7) is 15.7. The first-order valence-corrected chi connectivity index (χ1v) is 15.5. The first-order chi connectivity index (χ1) is 20.6. The zero-order valence-electron chi connectivity index (χ0n) is 26.1. The topological polar surface area (TPSA) is 83.9 Å². The van der Waals surface area contributed by atoms with Crippen LogP contribution in [0.3, 0.4) is 0 Å². The fraction of sp³-hybridized carbons (Fsp3) is 0.485. The minimum Gasteiger partial charge on any atom is -0.494 e. The number of aromatic nitrogens is 2. The molecule has 43 heavy (non-hydrogen) atoms. The third-order valence-electron chi connectivity index (χ3n) is 8.38. The Morgan fingerprint density at radius 2 is 1.91 bits per heavy atom. The Bertz CT molecular complexity index is 1440. The molecule has 0 bridgehead atoms. The van der Waals surface area contributed by atoms with Crippen molar-refractivity contribution >= 4 is 34.6 Å². The highest BCUT2D eigenvalue weighted by molar-refractivity contribution is 7.80. The van der Waals surface area contributed by atoms with Gasteiger partial charge in [0.15, 0.2) is 5.11 Å². The molecule has 2 saturated heterocycles. The maximum Gasteiger partial charge on any atom is 0.229 e. The van der Waals surface area contributed by atoms with Crippen LogP contribution >= 0.6 is 12.2 Å². The summed E-state index contributed by atoms with van der Waals surface area (Å²) in [5, 5.41) is 7.20. The Morgan fingerprint density at radius 3 is 2.58 bits per heavy atom. The summed E-state index contributed by atoms with van der Waals surface area (Å²) in [4.78, 5) is 22.1. The lowest BCUT2D eigenvalue weighted by Gasteiger charge is -2.29. The van der Waals surface area contributed by atoms with Gasteiger partial charge in [0.2, 0.25) is 5.91 Å². The van der Waals surface area contributed by atoms with Crippen LogP contribution < -0.4 is 20.3 Å². The van der Waals surface area contributed by atoms with Crippen molar-refractivity contribution in [2.45, 2.75) is 59.7 Å². The van der Waals surface area contributed by atoms with E-state index in [1.807, 2.05) is 63.4 Å². The van der Waals surface area contributed by atoms with E-state index in [0.717, 1.165) is 57.2 Å². The van der Waals surface area contributed by atoms with Gasteiger partial charge in [-0.1, -0.05) is 26.8 Å². The number of nitrogens with zero attached hydrogens (tertiary/aromatic N) is 4. The summed E-state index contributed by atoms with van der Waals surface area (Å²) < 4.78 is 13.7. The number of amides is 1. The van der Waals surface area contributed by atoms with Crippen molar-refractivity contribution in [1.29, 1.82) is 0 Å². The van der Waals surface area contributed by atoms with Gasteiger partial charge in [-0.05, 0) is 68.4 Å². The number of morpholine rings is 1. The Labute approximate surface area is 260 Å². The first-order valence-electron chi connectivity index (χ1n) is 15.1. The smallest absolute Gasteiger partial charge is 0.229 e. The molecule has 2 aliphatic heterocycles. The second-order valence-electron chi connectivity index (χ2n) is 12.4. The average Bonchev–Trinajstić information content (AvgIpc) is 3.48. The maximum absolute atomic E-state index is 12.7. The number of pyridine rings is 1. The van der Waals surface area contributed by atoms with Crippen molar-refractivity contribution < 1.29 is 14.3 Å². The molecule has 2 fully saturated rings. The van der Waals surface area contributed by atoms with Gasteiger partial charge in [-0.3, -0.25) is 14.7 Å². The lowest BCUT2D eigenvalue weighted by Crippen LogP contribution is -2.37. The van der Waals surface area contributed by atoms with Gasteiger partial charge in [0, 0.05) is 60.9 Å². The number of aryl methyl sites for hydroxylation is 1. The largest absolute Gasteiger partial charge is 0.494 e. The van der Waals surface area contributed by atoms with Crippen LogP contribution in [0, 0.1) is 19.3 Å². The summed E-state index contributed by atoms with van der Waals surface area (Å²) in [5.74, 6) is 0.498. The summed E-state index contributed by atoms with van der Waals surface area (Å²) in [5.41, 5.74) is 5.55. The predicted molar refractivity (Wildman–Crippen MR) is 175 cm³/mol. The van der Waals surface area contributed by atoms with Gasteiger partial charge in [-0.15, -0.1) is 0 Å². The Morgan fingerprint density at radius 1 is 1.14 bits per heavy atom. The van der Waals surface area contributed by atoms with Gasteiger partial charge in [0.1, 0.15) is 5.75 Å². The number of hydrogen-bond acceptors (Lipinski definition) is 6. The lowest BCUT2D eigenvalue weighted by molar-refractivity contribution is -0.123. The van der Waals surface area contributed by atoms with Crippen LogP contribution in [0.1, 0.15) is 61.9 Å². The number of thiocarbonyl (C=S) groups is 1. The monoisotopic (exact) mass is 604 g/mol. The van der Waals surface area contributed by atoms with E-state index in [-0.39, 0.29) is 18.0 Å². The maximum atomic E-state index is 12.7. The Hall–Kier alpha value is -3.47. The Balaban J connectivity index is 1.49. The van der Waals surface area contributed by atoms with Crippen molar-refractivity contribution in [3.63, 3.8) is 0 Å². The number of carbonyl (C=O) groups is 1. The number of carbonyl (C=O) groups excluding carboxylic acids is 1. The van der Waals surface area contributed by atoms with Gasteiger partial charge in [0.25, 0.3) is 0 Å². The van der Waals surface area contributed by atoms with Crippen LogP contribution in [0.25, 0.3) is 0 Å². The van der Waals surface area contributed by atoms with Crippen molar-refractivity contribution in [3.8, 4) is 5.75 Å². The minimum atomic E-state index is -0.532. The molecule has 0 aliphatic carbocycles. The first kappa shape index (κ1) is 31.0. The summed E-state index contributed by atoms with van der Waals surface area (Å²) in [6, 6.07) is 13.8.